The van der Waals surface area contributed by atoms with E-state index in [9.17, 15) is 4.79 Å². The van der Waals surface area contributed by atoms with Crippen LogP contribution in [-0.4, -0.2) is 59.2 Å². The topological polar surface area (TPSA) is 70.2 Å². The highest BCUT2D eigenvalue weighted by Gasteiger charge is 2.21. The number of carbonyl (C=O) groups excluding carboxylic acids is 1. The number of fused-ring (bicyclic) bond motifs is 1. The minimum absolute atomic E-state index is 0.0501. The first-order valence-corrected chi connectivity index (χ1v) is 7.71. The Morgan fingerprint density at radius 3 is 2.95 bits per heavy atom. The van der Waals surface area contributed by atoms with Gasteiger partial charge in [0.05, 0.1) is 29.6 Å². The molecule has 0 aliphatic carbocycles. The molecule has 6 heteroatoms. The Hall–Kier alpha value is -1.92. The van der Waals surface area contributed by atoms with Gasteiger partial charge in [0.25, 0.3) is 5.91 Å². The van der Waals surface area contributed by atoms with E-state index in [0.717, 1.165) is 30.7 Å². The molecule has 0 spiro atoms. The Morgan fingerprint density at radius 1 is 1.41 bits per heavy atom. The molecule has 6 nitrogen and oxygen atoms in total. The fourth-order valence-electron chi connectivity index (χ4n) is 2.97. The van der Waals surface area contributed by atoms with Crippen molar-refractivity contribution >= 4 is 16.9 Å². The highest BCUT2D eigenvalue weighted by atomic mass is 16.5. The molecule has 0 bridgehead atoms. The maximum Gasteiger partial charge on any atom is 0.251 e. The number of nitrogens with one attached hydrogen (secondary N) is 2. The normalized spacial score (nSPS) is 22.8. The number of ether oxygens (including phenoxy) is 1. The van der Waals surface area contributed by atoms with E-state index in [0.29, 0.717) is 12.1 Å². The minimum atomic E-state index is -0.0501. The molecule has 2 heterocycles. The summed E-state index contributed by atoms with van der Waals surface area (Å²) in [5.74, 6) is -0.0501. The average molecular weight is 302 g/mol. The maximum absolute atomic E-state index is 12.2. The van der Waals surface area contributed by atoms with Crippen molar-refractivity contribution in [2.24, 2.45) is 0 Å². The smallest absolute Gasteiger partial charge is 0.251 e. The number of aromatic nitrogens is 2. The number of carbonyl (C=O) groups is 1. The Labute approximate surface area is 129 Å². The van der Waals surface area contributed by atoms with Gasteiger partial charge in [0.1, 0.15) is 0 Å². The molecule has 2 unspecified atom stereocenters. The zero-order chi connectivity index (χ0) is 15.5. The van der Waals surface area contributed by atoms with Crippen LogP contribution in [0.2, 0.25) is 0 Å². The van der Waals surface area contributed by atoms with Crippen LogP contribution in [-0.2, 0) is 4.74 Å². The summed E-state index contributed by atoms with van der Waals surface area (Å²) >= 11 is 0. The number of morpholine rings is 1. The van der Waals surface area contributed by atoms with E-state index < -0.39 is 0 Å². The molecule has 118 valence electrons. The summed E-state index contributed by atoms with van der Waals surface area (Å²) < 4.78 is 5.71. The van der Waals surface area contributed by atoms with Crippen molar-refractivity contribution in [3.8, 4) is 0 Å². The molecular weight excluding hydrogens is 280 g/mol. The molecule has 2 aromatic rings. The van der Waals surface area contributed by atoms with Crippen LogP contribution in [0.3, 0.4) is 0 Å². The van der Waals surface area contributed by atoms with E-state index in [2.05, 4.69) is 34.0 Å². The lowest BCUT2D eigenvalue weighted by molar-refractivity contribution is -0.0672. The van der Waals surface area contributed by atoms with Gasteiger partial charge in [0.15, 0.2) is 0 Å². The lowest BCUT2D eigenvalue weighted by Crippen LogP contribution is -2.47. The van der Waals surface area contributed by atoms with Crippen LogP contribution in [0.1, 0.15) is 24.2 Å². The summed E-state index contributed by atoms with van der Waals surface area (Å²) in [6.45, 7) is 7.48. The lowest BCUT2D eigenvalue weighted by Gasteiger charge is -2.35. The highest BCUT2D eigenvalue weighted by molar-refractivity contribution is 5.97. The molecular formula is C16H22N4O2. The average Bonchev–Trinajstić information content (AvgIpc) is 2.93. The number of hydrogen-bond acceptors (Lipinski definition) is 4. The van der Waals surface area contributed by atoms with Crippen molar-refractivity contribution in [2.45, 2.75) is 26.1 Å². The van der Waals surface area contributed by atoms with Crippen LogP contribution in [0.25, 0.3) is 11.0 Å². The third kappa shape index (κ3) is 3.45. The molecule has 1 aliphatic rings. The van der Waals surface area contributed by atoms with Crippen molar-refractivity contribution in [2.75, 3.05) is 26.2 Å². The molecule has 1 amide bonds. The number of benzene rings is 1. The van der Waals surface area contributed by atoms with Gasteiger partial charge >= 0.3 is 0 Å². The molecule has 22 heavy (non-hydrogen) atoms. The summed E-state index contributed by atoms with van der Waals surface area (Å²) in [6.07, 6.45) is 2.14. The van der Waals surface area contributed by atoms with Crippen LogP contribution < -0.4 is 5.32 Å². The first kappa shape index (κ1) is 15.0. The third-order valence-electron chi connectivity index (χ3n) is 3.89. The van der Waals surface area contributed by atoms with Crippen molar-refractivity contribution in [1.29, 1.82) is 0 Å². The van der Waals surface area contributed by atoms with Gasteiger partial charge in [-0.05, 0) is 32.0 Å². The van der Waals surface area contributed by atoms with E-state index in [1.807, 2.05) is 12.1 Å². The van der Waals surface area contributed by atoms with Crippen molar-refractivity contribution < 1.29 is 9.53 Å². The number of amides is 1. The van der Waals surface area contributed by atoms with E-state index in [-0.39, 0.29) is 18.1 Å². The summed E-state index contributed by atoms with van der Waals surface area (Å²) in [5.41, 5.74) is 2.40. The molecule has 2 N–H and O–H groups in total. The van der Waals surface area contributed by atoms with Gasteiger partial charge in [0.2, 0.25) is 0 Å². The predicted octanol–water partition coefficient (Wildman–Crippen LogP) is 1.40. The van der Waals surface area contributed by atoms with E-state index >= 15 is 0 Å². The minimum Gasteiger partial charge on any atom is -0.373 e. The van der Waals surface area contributed by atoms with Crippen LogP contribution in [0.5, 0.6) is 0 Å². The predicted molar refractivity (Wildman–Crippen MR) is 84.9 cm³/mol. The zero-order valence-corrected chi connectivity index (χ0v) is 13.0. The first-order valence-electron chi connectivity index (χ1n) is 7.71. The second-order valence-electron chi connectivity index (χ2n) is 5.91. The number of aromatic amines is 1. The van der Waals surface area contributed by atoms with Gasteiger partial charge < -0.3 is 15.0 Å². The Morgan fingerprint density at radius 2 is 2.18 bits per heavy atom. The summed E-state index contributed by atoms with van der Waals surface area (Å²) in [7, 11) is 0. The second kappa shape index (κ2) is 6.46. The number of H-pyrrole nitrogens is 1. The van der Waals surface area contributed by atoms with E-state index in [1.165, 1.54) is 0 Å². The van der Waals surface area contributed by atoms with Gasteiger partial charge in [-0.15, -0.1) is 0 Å². The molecule has 3 rings (SSSR count). The van der Waals surface area contributed by atoms with E-state index in [1.54, 1.807) is 12.4 Å². The van der Waals surface area contributed by atoms with Gasteiger partial charge in [-0.2, -0.15) is 0 Å². The van der Waals surface area contributed by atoms with Crippen LogP contribution >= 0.6 is 0 Å². The molecule has 1 aromatic heterocycles. The van der Waals surface area contributed by atoms with Crippen molar-refractivity contribution in [1.82, 2.24) is 20.2 Å². The van der Waals surface area contributed by atoms with Gasteiger partial charge in [-0.1, -0.05) is 0 Å². The summed E-state index contributed by atoms with van der Waals surface area (Å²) in [4.78, 5) is 21.7. The number of rotatable bonds is 4. The molecule has 1 aliphatic heterocycles. The van der Waals surface area contributed by atoms with E-state index in [4.69, 9.17) is 4.74 Å². The first-order chi connectivity index (χ1) is 10.6. The standard InChI is InChI=1S/C16H22N4O2/c1-11-8-20(9-12(2)22-11)6-5-17-16(21)13-3-4-14-15(7-13)19-10-18-14/h3-4,7,10-12H,5-6,8-9H2,1-2H3,(H,17,21)(H,18,19). The zero-order valence-electron chi connectivity index (χ0n) is 13.0. The van der Waals surface area contributed by atoms with Crippen LogP contribution in [0.15, 0.2) is 24.5 Å². The third-order valence-corrected chi connectivity index (χ3v) is 3.89. The van der Waals surface area contributed by atoms with Gasteiger partial charge in [-0.3, -0.25) is 9.69 Å². The van der Waals surface area contributed by atoms with Crippen molar-refractivity contribution in [3.05, 3.63) is 30.1 Å². The van der Waals surface area contributed by atoms with Gasteiger partial charge in [0, 0.05) is 31.7 Å². The molecule has 2 atom stereocenters. The fraction of sp³-hybridized carbons (Fsp3) is 0.500. The lowest BCUT2D eigenvalue weighted by atomic mass is 10.2. The molecule has 1 saturated heterocycles. The summed E-state index contributed by atoms with van der Waals surface area (Å²) in [5, 5.41) is 2.98. The highest BCUT2D eigenvalue weighted by Crippen LogP contribution is 2.12. The Bertz CT molecular complexity index is 644. The second-order valence-corrected chi connectivity index (χ2v) is 5.91. The maximum atomic E-state index is 12.2. The monoisotopic (exact) mass is 302 g/mol. The number of imidazole rings is 1. The van der Waals surface area contributed by atoms with Crippen LogP contribution in [0.4, 0.5) is 0 Å². The fourth-order valence-corrected chi connectivity index (χ4v) is 2.97. The summed E-state index contributed by atoms with van der Waals surface area (Å²) in [6, 6.07) is 5.49. The Balaban J connectivity index is 1.51. The molecule has 1 fully saturated rings. The molecule has 1 aromatic carbocycles. The SMILES string of the molecule is CC1CN(CCNC(=O)c2ccc3nc[nH]c3c2)CC(C)O1. The van der Waals surface area contributed by atoms with Crippen molar-refractivity contribution in [3.63, 3.8) is 0 Å². The quantitative estimate of drug-likeness (QED) is 0.896. The largest absolute Gasteiger partial charge is 0.373 e. The van der Waals surface area contributed by atoms with Gasteiger partial charge in [-0.25, -0.2) is 4.98 Å². The Kier molecular flexibility index (Phi) is 4.40. The molecule has 0 saturated carbocycles. The van der Waals surface area contributed by atoms with Crippen LogP contribution in [0, 0.1) is 0 Å². The number of hydrogen-bond donors (Lipinski definition) is 2. The molecule has 0 radical (unpaired) electrons. The number of nitrogens with zero attached hydrogens (tertiary/aromatic N) is 2.